The van der Waals surface area contributed by atoms with Crippen LogP contribution in [0.4, 0.5) is 0 Å². The molecule has 2 aromatic rings. The van der Waals surface area contributed by atoms with Crippen LogP contribution >= 0.6 is 11.3 Å². The largest absolute Gasteiger partial charge is 0.481 e. The first-order chi connectivity index (χ1) is 7.66. The highest BCUT2D eigenvalue weighted by Crippen LogP contribution is 2.31. The first-order valence-electron chi connectivity index (χ1n) is 5.05. The lowest BCUT2D eigenvalue weighted by molar-refractivity contribution is -0.137. The van der Waals surface area contributed by atoms with Crippen molar-refractivity contribution in [2.24, 2.45) is 0 Å². The van der Waals surface area contributed by atoms with E-state index in [0.717, 1.165) is 15.0 Å². The predicted molar refractivity (Wildman–Crippen MR) is 63.7 cm³/mol. The van der Waals surface area contributed by atoms with Crippen LogP contribution in [0.5, 0.6) is 0 Å². The number of hydrogen-bond acceptors (Lipinski definition) is 3. The number of hydrogen-bond donors (Lipinski definition) is 2. The van der Waals surface area contributed by atoms with E-state index in [0.29, 0.717) is 0 Å². The normalized spacial score (nSPS) is 12.8. The van der Waals surface area contributed by atoms with Crippen LogP contribution in [0.15, 0.2) is 30.3 Å². The minimum atomic E-state index is -0.875. The molecule has 3 nitrogen and oxygen atoms in total. The van der Waals surface area contributed by atoms with Crippen molar-refractivity contribution in [2.75, 3.05) is 0 Å². The number of benzene rings is 1. The first-order valence-corrected chi connectivity index (χ1v) is 5.87. The summed E-state index contributed by atoms with van der Waals surface area (Å²) in [5.74, 6) is -0.875. The molecule has 0 amide bonds. The van der Waals surface area contributed by atoms with Gasteiger partial charge in [0.2, 0.25) is 0 Å². The third-order valence-corrected chi connectivity index (χ3v) is 3.62. The maximum Gasteiger partial charge on any atom is 0.303 e. The lowest BCUT2D eigenvalue weighted by Gasteiger charge is -2.05. The second kappa shape index (κ2) is 4.63. The monoisotopic (exact) mass is 236 g/mol. The Morgan fingerprint density at radius 2 is 2.12 bits per heavy atom. The van der Waals surface area contributed by atoms with Gasteiger partial charge in [-0.25, -0.2) is 0 Å². The van der Waals surface area contributed by atoms with E-state index in [1.54, 1.807) is 0 Å². The average molecular weight is 236 g/mol. The van der Waals surface area contributed by atoms with Crippen molar-refractivity contribution in [3.63, 3.8) is 0 Å². The summed E-state index contributed by atoms with van der Waals surface area (Å²) in [7, 11) is 0. The van der Waals surface area contributed by atoms with Crippen LogP contribution in [0.3, 0.4) is 0 Å². The predicted octanol–water partition coefficient (Wildman–Crippen LogP) is 2.80. The number of fused-ring (bicyclic) bond motifs is 1. The molecule has 1 aromatic carbocycles. The molecule has 0 spiro atoms. The van der Waals surface area contributed by atoms with E-state index in [9.17, 15) is 9.90 Å². The van der Waals surface area contributed by atoms with Crippen LogP contribution in [0.25, 0.3) is 10.1 Å². The molecule has 4 heteroatoms. The quantitative estimate of drug-likeness (QED) is 0.858. The lowest BCUT2D eigenvalue weighted by atomic mass is 10.1. The van der Waals surface area contributed by atoms with E-state index < -0.39 is 12.1 Å². The van der Waals surface area contributed by atoms with Gasteiger partial charge >= 0.3 is 5.97 Å². The van der Waals surface area contributed by atoms with Crippen molar-refractivity contribution in [1.29, 1.82) is 0 Å². The summed E-state index contributed by atoms with van der Waals surface area (Å²) in [6, 6.07) is 9.80. The van der Waals surface area contributed by atoms with E-state index in [2.05, 4.69) is 0 Å². The summed E-state index contributed by atoms with van der Waals surface area (Å²) in [5.41, 5.74) is 0. The summed E-state index contributed by atoms with van der Waals surface area (Å²) in [6.45, 7) is 0. The molecule has 0 aliphatic rings. The Balaban J connectivity index is 2.16. The maximum atomic E-state index is 10.4. The summed E-state index contributed by atoms with van der Waals surface area (Å²) in [5, 5.41) is 19.5. The molecule has 1 atom stereocenters. The Hall–Kier alpha value is -1.39. The third-order valence-electron chi connectivity index (χ3n) is 2.40. The van der Waals surface area contributed by atoms with Crippen molar-refractivity contribution in [1.82, 2.24) is 0 Å². The highest BCUT2D eigenvalue weighted by molar-refractivity contribution is 7.19. The first kappa shape index (κ1) is 11.1. The van der Waals surface area contributed by atoms with Crippen molar-refractivity contribution < 1.29 is 15.0 Å². The van der Waals surface area contributed by atoms with E-state index in [-0.39, 0.29) is 12.8 Å². The number of carboxylic acid groups (broad SMARTS) is 1. The van der Waals surface area contributed by atoms with Gasteiger partial charge < -0.3 is 10.2 Å². The van der Waals surface area contributed by atoms with Crippen molar-refractivity contribution in [3.05, 3.63) is 35.2 Å². The number of carbonyl (C=O) groups is 1. The molecule has 0 aliphatic heterocycles. The second-order valence-corrected chi connectivity index (χ2v) is 4.75. The minimum absolute atomic E-state index is 0.00455. The van der Waals surface area contributed by atoms with Gasteiger partial charge in [-0.05, 0) is 23.9 Å². The van der Waals surface area contributed by atoms with Crippen LogP contribution < -0.4 is 0 Å². The molecule has 0 fully saturated rings. The fourth-order valence-corrected chi connectivity index (χ4v) is 2.65. The van der Waals surface area contributed by atoms with Crippen LogP contribution in [0.2, 0.25) is 0 Å². The van der Waals surface area contributed by atoms with E-state index >= 15 is 0 Å². The Labute approximate surface area is 97.0 Å². The number of carboxylic acids is 1. The Morgan fingerprint density at radius 1 is 1.38 bits per heavy atom. The van der Waals surface area contributed by atoms with E-state index in [1.807, 2.05) is 30.3 Å². The standard InChI is InChI=1S/C12H12O3S/c13-9(5-6-12(14)15)11-7-8-3-1-2-4-10(8)16-11/h1-4,7,9,13H,5-6H2,(H,14,15). The molecule has 0 radical (unpaired) electrons. The van der Waals surface area contributed by atoms with Crippen LogP contribution in [0, 0.1) is 0 Å². The average Bonchev–Trinajstić information content (AvgIpc) is 2.69. The van der Waals surface area contributed by atoms with Crippen molar-refractivity contribution in [3.8, 4) is 0 Å². The van der Waals surface area contributed by atoms with Crippen molar-refractivity contribution in [2.45, 2.75) is 18.9 Å². The zero-order chi connectivity index (χ0) is 11.5. The van der Waals surface area contributed by atoms with Gasteiger partial charge in [0.1, 0.15) is 0 Å². The number of thiophene rings is 1. The van der Waals surface area contributed by atoms with Gasteiger partial charge in [-0.3, -0.25) is 4.79 Å². The van der Waals surface area contributed by atoms with Gasteiger partial charge in [0, 0.05) is 16.0 Å². The SMILES string of the molecule is O=C(O)CCC(O)c1cc2ccccc2s1. The molecule has 0 saturated carbocycles. The molecule has 16 heavy (non-hydrogen) atoms. The van der Waals surface area contributed by atoms with Crippen LogP contribution in [-0.2, 0) is 4.79 Å². The zero-order valence-corrected chi connectivity index (χ0v) is 9.41. The van der Waals surface area contributed by atoms with Gasteiger partial charge in [0.05, 0.1) is 6.10 Å². The Morgan fingerprint density at radius 3 is 2.81 bits per heavy atom. The summed E-state index contributed by atoms with van der Waals surface area (Å²) in [4.78, 5) is 11.2. The number of aliphatic carboxylic acids is 1. The molecule has 84 valence electrons. The highest BCUT2D eigenvalue weighted by Gasteiger charge is 2.12. The molecule has 1 heterocycles. The van der Waals surface area contributed by atoms with E-state index in [4.69, 9.17) is 5.11 Å². The van der Waals surface area contributed by atoms with Crippen LogP contribution in [-0.4, -0.2) is 16.2 Å². The van der Waals surface area contributed by atoms with Gasteiger partial charge in [0.25, 0.3) is 0 Å². The summed E-state index contributed by atoms with van der Waals surface area (Å²) >= 11 is 1.51. The highest BCUT2D eigenvalue weighted by atomic mass is 32.1. The Kier molecular flexibility index (Phi) is 3.22. The van der Waals surface area contributed by atoms with Crippen molar-refractivity contribution >= 4 is 27.4 Å². The molecular weight excluding hydrogens is 224 g/mol. The maximum absolute atomic E-state index is 10.4. The molecule has 1 aromatic heterocycles. The van der Waals surface area contributed by atoms with Gasteiger partial charge in [-0.1, -0.05) is 18.2 Å². The topological polar surface area (TPSA) is 57.5 Å². The smallest absolute Gasteiger partial charge is 0.303 e. The summed E-state index contributed by atoms with van der Waals surface area (Å²) in [6.07, 6.45) is -0.411. The third kappa shape index (κ3) is 2.40. The molecule has 2 N–H and O–H groups in total. The number of aliphatic hydroxyl groups is 1. The van der Waals surface area contributed by atoms with Gasteiger partial charge in [-0.2, -0.15) is 0 Å². The number of aliphatic hydroxyl groups excluding tert-OH is 1. The van der Waals surface area contributed by atoms with Gasteiger partial charge in [0.15, 0.2) is 0 Å². The minimum Gasteiger partial charge on any atom is -0.481 e. The molecule has 1 unspecified atom stereocenters. The zero-order valence-electron chi connectivity index (χ0n) is 8.59. The Bertz CT molecular complexity index is 471. The van der Waals surface area contributed by atoms with Crippen LogP contribution in [0.1, 0.15) is 23.8 Å². The number of rotatable bonds is 4. The molecule has 0 aliphatic carbocycles. The van der Waals surface area contributed by atoms with Gasteiger partial charge in [-0.15, -0.1) is 11.3 Å². The fraction of sp³-hybridized carbons (Fsp3) is 0.250. The second-order valence-electron chi connectivity index (χ2n) is 3.63. The molecular formula is C12H12O3S. The lowest BCUT2D eigenvalue weighted by Crippen LogP contribution is -2.00. The molecule has 0 bridgehead atoms. The molecule has 2 rings (SSSR count). The van der Waals surface area contributed by atoms with E-state index in [1.165, 1.54) is 11.3 Å². The summed E-state index contributed by atoms with van der Waals surface area (Å²) < 4.78 is 1.12. The fourth-order valence-electron chi connectivity index (χ4n) is 1.57. The molecule has 0 saturated heterocycles.